The molecule has 1 aliphatic carbocycles. The first-order valence-corrected chi connectivity index (χ1v) is 7.44. The number of aromatic nitrogens is 4. The van der Waals surface area contributed by atoms with Crippen LogP contribution in [0.3, 0.4) is 0 Å². The Balaban J connectivity index is 1.94. The average molecular weight is 311 g/mol. The second-order valence-electron chi connectivity index (χ2n) is 4.34. The monoisotopic (exact) mass is 311 g/mol. The molecule has 0 unspecified atom stereocenters. The molecule has 0 aromatic carbocycles. The number of Topliss-reactive ketones (excluding diaryl/α,β-unsaturated/α-hetero) is 1. The van der Waals surface area contributed by atoms with Gasteiger partial charge in [-0.05, 0) is 42.0 Å². The van der Waals surface area contributed by atoms with E-state index in [-0.39, 0.29) is 11.5 Å². The minimum Gasteiger partial charge on any atom is -0.294 e. The van der Waals surface area contributed by atoms with Gasteiger partial charge in [-0.1, -0.05) is 0 Å². The van der Waals surface area contributed by atoms with E-state index in [1.807, 2.05) is 0 Å². The van der Waals surface area contributed by atoms with E-state index in [4.69, 9.17) is 0 Å². The van der Waals surface area contributed by atoms with Crippen molar-refractivity contribution in [2.75, 3.05) is 0 Å². The molecule has 2 heterocycles. The van der Waals surface area contributed by atoms with Crippen LogP contribution >= 0.6 is 23.1 Å². The van der Waals surface area contributed by atoms with E-state index in [9.17, 15) is 14.9 Å². The highest BCUT2D eigenvalue weighted by molar-refractivity contribution is 8.01. The molecule has 0 amide bonds. The van der Waals surface area contributed by atoms with E-state index < -0.39 is 4.92 Å². The third kappa shape index (κ3) is 2.43. The van der Waals surface area contributed by atoms with E-state index in [2.05, 4.69) is 15.5 Å². The number of ketones is 1. The highest BCUT2D eigenvalue weighted by atomic mass is 32.2. The van der Waals surface area contributed by atoms with Gasteiger partial charge in [0.15, 0.2) is 5.78 Å². The summed E-state index contributed by atoms with van der Waals surface area (Å²) in [5, 5.41) is 23.0. The molecule has 0 bridgehead atoms. The van der Waals surface area contributed by atoms with Crippen molar-refractivity contribution in [2.24, 2.45) is 0 Å². The Labute approximate surface area is 121 Å². The van der Waals surface area contributed by atoms with Crippen molar-refractivity contribution in [3.63, 3.8) is 0 Å². The molecule has 1 fully saturated rings. The molecule has 0 saturated heterocycles. The topological polar surface area (TPSA) is 104 Å². The second-order valence-corrected chi connectivity index (χ2v) is 6.62. The predicted molar refractivity (Wildman–Crippen MR) is 71.2 cm³/mol. The molecular formula is C10H9N5O3S2. The number of rotatable bonds is 5. The van der Waals surface area contributed by atoms with Gasteiger partial charge in [0.1, 0.15) is 4.21 Å². The van der Waals surface area contributed by atoms with Crippen molar-refractivity contribution in [2.45, 2.75) is 35.2 Å². The van der Waals surface area contributed by atoms with Crippen LogP contribution in [0.1, 0.15) is 35.5 Å². The minimum atomic E-state index is -0.490. The zero-order valence-corrected chi connectivity index (χ0v) is 12.0. The smallest absolute Gasteiger partial charge is 0.294 e. The van der Waals surface area contributed by atoms with E-state index in [0.717, 1.165) is 35.9 Å². The van der Waals surface area contributed by atoms with Gasteiger partial charge in [0.25, 0.3) is 5.69 Å². The van der Waals surface area contributed by atoms with Crippen LogP contribution < -0.4 is 0 Å². The van der Waals surface area contributed by atoms with E-state index in [1.54, 1.807) is 4.68 Å². The maximum Gasteiger partial charge on any atom is 0.294 e. The van der Waals surface area contributed by atoms with Crippen molar-refractivity contribution in [3.05, 3.63) is 21.1 Å². The summed E-state index contributed by atoms with van der Waals surface area (Å²) >= 11 is 2.23. The first-order chi connectivity index (χ1) is 9.56. The summed E-state index contributed by atoms with van der Waals surface area (Å²) in [7, 11) is 0. The average Bonchev–Trinajstić information content (AvgIpc) is 2.97. The molecule has 0 aliphatic heterocycles. The normalized spacial score (nSPS) is 14.4. The molecule has 0 radical (unpaired) electrons. The van der Waals surface area contributed by atoms with Crippen LogP contribution in [0.2, 0.25) is 0 Å². The lowest BCUT2D eigenvalue weighted by Crippen LogP contribution is -1.98. The Morgan fingerprint density at radius 2 is 2.35 bits per heavy atom. The van der Waals surface area contributed by atoms with Crippen LogP contribution in [-0.4, -0.2) is 30.9 Å². The Morgan fingerprint density at radius 1 is 1.60 bits per heavy atom. The van der Waals surface area contributed by atoms with Crippen molar-refractivity contribution < 1.29 is 9.72 Å². The van der Waals surface area contributed by atoms with Gasteiger partial charge in [-0.3, -0.25) is 14.9 Å². The summed E-state index contributed by atoms with van der Waals surface area (Å²) < 4.78 is 2.11. The van der Waals surface area contributed by atoms with Crippen LogP contribution in [0.25, 0.3) is 0 Å². The summed E-state index contributed by atoms with van der Waals surface area (Å²) in [5.41, 5.74) is -0.0736. The van der Waals surface area contributed by atoms with E-state index >= 15 is 0 Å². The van der Waals surface area contributed by atoms with Crippen LogP contribution in [0.5, 0.6) is 0 Å². The van der Waals surface area contributed by atoms with Gasteiger partial charge in [-0.2, -0.15) is 0 Å². The van der Waals surface area contributed by atoms with Gasteiger partial charge in [-0.25, -0.2) is 4.68 Å². The standard InChI is InChI=1S/C10H9N5O3S2/c1-5(16)8-4-7(15(17)18)9(19-8)20-10-11-12-13-14(10)6-2-3-6/h4,6H,2-3H2,1H3. The fourth-order valence-electron chi connectivity index (χ4n) is 1.62. The van der Waals surface area contributed by atoms with Gasteiger partial charge in [0.2, 0.25) is 5.16 Å². The van der Waals surface area contributed by atoms with Crippen LogP contribution in [0.4, 0.5) is 5.69 Å². The lowest BCUT2D eigenvalue weighted by Gasteiger charge is -1.99. The number of tetrazole rings is 1. The molecule has 3 rings (SSSR count). The fraction of sp³-hybridized carbons (Fsp3) is 0.400. The molecular weight excluding hydrogens is 302 g/mol. The molecule has 1 aliphatic rings. The highest BCUT2D eigenvalue weighted by Crippen LogP contribution is 2.43. The van der Waals surface area contributed by atoms with Crippen molar-refractivity contribution >= 4 is 34.6 Å². The highest BCUT2D eigenvalue weighted by Gasteiger charge is 2.30. The SMILES string of the molecule is CC(=O)c1cc([N+](=O)[O-])c(Sc2nnnn2C2CC2)s1. The quantitative estimate of drug-likeness (QED) is 0.474. The number of thiophene rings is 1. The van der Waals surface area contributed by atoms with Crippen LogP contribution in [0.15, 0.2) is 15.4 Å². The number of nitrogens with zero attached hydrogens (tertiary/aromatic N) is 5. The number of hydrogen-bond donors (Lipinski definition) is 0. The van der Waals surface area contributed by atoms with Gasteiger partial charge in [0, 0.05) is 6.07 Å². The van der Waals surface area contributed by atoms with Crippen molar-refractivity contribution in [1.82, 2.24) is 20.2 Å². The fourth-order valence-corrected chi connectivity index (χ4v) is 3.79. The summed E-state index contributed by atoms with van der Waals surface area (Å²) in [6, 6.07) is 1.60. The third-order valence-corrected chi connectivity index (χ3v) is 5.13. The summed E-state index contributed by atoms with van der Waals surface area (Å²) in [4.78, 5) is 22.3. The third-order valence-electron chi connectivity index (χ3n) is 2.76. The van der Waals surface area contributed by atoms with Gasteiger partial charge < -0.3 is 0 Å². The van der Waals surface area contributed by atoms with Crippen LogP contribution in [0, 0.1) is 10.1 Å². The lowest BCUT2D eigenvalue weighted by molar-refractivity contribution is -0.387. The Morgan fingerprint density at radius 3 is 2.95 bits per heavy atom. The Bertz CT molecular complexity index is 691. The number of hydrogen-bond acceptors (Lipinski definition) is 8. The van der Waals surface area contributed by atoms with Crippen molar-refractivity contribution in [3.8, 4) is 0 Å². The molecule has 2 aromatic heterocycles. The van der Waals surface area contributed by atoms with Gasteiger partial charge in [0.05, 0.1) is 15.8 Å². The van der Waals surface area contributed by atoms with Gasteiger partial charge >= 0.3 is 0 Å². The lowest BCUT2D eigenvalue weighted by atomic mass is 10.3. The molecule has 8 nitrogen and oxygen atoms in total. The van der Waals surface area contributed by atoms with Crippen molar-refractivity contribution in [1.29, 1.82) is 0 Å². The first kappa shape index (κ1) is 13.2. The van der Waals surface area contributed by atoms with Crippen LogP contribution in [-0.2, 0) is 0 Å². The predicted octanol–water partition coefficient (Wildman–Crippen LogP) is 2.33. The maximum absolute atomic E-state index is 11.4. The molecule has 1 saturated carbocycles. The Hall–Kier alpha value is -1.81. The maximum atomic E-state index is 11.4. The largest absolute Gasteiger partial charge is 0.294 e. The zero-order chi connectivity index (χ0) is 14.3. The number of nitro groups is 1. The molecule has 2 aromatic rings. The minimum absolute atomic E-state index is 0.0736. The summed E-state index contributed by atoms with van der Waals surface area (Å²) in [6.07, 6.45) is 2.04. The Kier molecular flexibility index (Phi) is 3.26. The first-order valence-electron chi connectivity index (χ1n) is 5.81. The molecule has 0 atom stereocenters. The summed E-state index contributed by atoms with van der Waals surface area (Å²) in [6.45, 7) is 1.39. The van der Waals surface area contributed by atoms with Gasteiger partial charge in [-0.15, -0.1) is 16.4 Å². The molecule has 10 heteroatoms. The molecule has 104 valence electrons. The molecule has 0 N–H and O–H groups in total. The number of carbonyl (C=O) groups is 1. The second kappa shape index (κ2) is 4.94. The number of carbonyl (C=O) groups excluding carboxylic acids is 1. The molecule has 0 spiro atoms. The summed E-state index contributed by atoms with van der Waals surface area (Å²) in [5.74, 6) is -0.188. The molecule has 20 heavy (non-hydrogen) atoms. The van der Waals surface area contributed by atoms with E-state index in [1.165, 1.54) is 13.0 Å². The zero-order valence-electron chi connectivity index (χ0n) is 10.3. The van der Waals surface area contributed by atoms with E-state index in [0.29, 0.717) is 20.3 Å².